The minimum absolute atomic E-state index is 0.0694. The standard InChI is InChI=1S/C6H15NO3.C4H6O4S/c8-4-1-7(2-5-9)3-6-10;5-3(6)1-9-2-4(7)8/h8-10H,1-6H2;1-2H2,(H,5,6)(H,7,8). The lowest BCUT2D eigenvalue weighted by Gasteiger charge is -2.17. The molecular weight excluding hydrogens is 278 g/mol. The Balaban J connectivity index is 0. The molecule has 19 heavy (non-hydrogen) atoms. The van der Waals surface area contributed by atoms with Gasteiger partial charge in [0.25, 0.3) is 0 Å². The van der Waals surface area contributed by atoms with Crippen molar-refractivity contribution < 1.29 is 35.1 Å². The van der Waals surface area contributed by atoms with E-state index in [2.05, 4.69) is 0 Å². The minimum atomic E-state index is -0.985. The first-order valence-corrected chi connectivity index (χ1v) is 6.69. The van der Waals surface area contributed by atoms with Crippen molar-refractivity contribution in [1.29, 1.82) is 0 Å². The molecule has 0 bridgehead atoms. The van der Waals surface area contributed by atoms with E-state index in [1.807, 2.05) is 0 Å². The van der Waals surface area contributed by atoms with Crippen molar-refractivity contribution in [2.24, 2.45) is 0 Å². The number of carbonyl (C=O) groups is 2. The zero-order valence-electron chi connectivity index (χ0n) is 10.6. The van der Waals surface area contributed by atoms with Gasteiger partial charge in [0.15, 0.2) is 0 Å². The van der Waals surface area contributed by atoms with E-state index in [1.165, 1.54) is 0 Å². The molecule has 9 heteroatoms. The fraction of sp³-hybridized carbons (Fsp3) is 0.800. The third-order valence-corrected chi connectivity index (χ3v) is 2.60. The second-order valence-electron chi connectivity index (χ2n) is 3.29. The van der Waals surface area contributed by atoms with Crippen LogP contribution in [0.4, 0.5) is 0 Å². The maximum absolute atomic E-state index is 9.77. The molecule has 0 aromatic heterocycles. The van der Waals surface area contributed by atoms with Gasteiger partial charge in [-0.05, 0) is 0 Å². The van der Waals surface area contributed by atoms with Crippen LogP contribution in [0.5, 0.6) is 0 Å². The number of hydrogen-bond acceptors (Lipinski definition) is 7. The van der Waals surface area contributed by atoms with Crippen LogP contribution >= 0.6 is 11.8 Å². The van der Waals surface area contributed by atoms with E-state index in [9.17, 15) is 9.59 Å². The van der Waals surface area contributed by atoms with E-state index in [-0.39, 0.29) is 31.3 Å². The average molecular weight is 299 g/mol. The summed E-state index contributed by atoms with van der Waals surface area (Å²) in [5.74, 6) is -2.26. The van der Waals surface area contributed by atoms with E-state index in [0.717, 1.165) is 11.8 Å². The summed E-state index contributed by atoms with van der Waals surface area (Å²) in [5.41, 5.74) is 0. The van der Waals surface area contributed by atoms with Gasteiger partial charge in [0, 0.05) is 19.6 Å². The van der Waals surface area contributed by atoms with Crippen molar-refractivity contribution in [2.75, 3.05) is 51.0 Å². The Morgan fingerprint density at radius 2 is 1.11 bits per heavy atom. The number of aliphatic hydroxyl groups excluding tert-OH is 3. The van der Waals surface area contributed by atoms with Gasteiger partial charge in [-0.2, -0.15) is 0 Å². The molecule has 0 spiro atoms. The van der Waals surface area contributed by atoms with Gasteiger partial charge in [0.05, 0.1) is 31.3 Å². The summed E-state index contributed by atoms with van der Waals surface area (Å²) in [6.45, 7) is 1.75. The van der Waals surface area contributed by atoms with Crippen molar-refractivity contribution in [3.05, 3.63) is 0 Å². The SMILES string of the molecule is O=C(O)CSCC(=O)O.OCCN(CCO)CCO. The predicted octanol–water partition coefficient (Wildman–Crippen LogP) is -1.85. The molecule has 0 saturated heterocycles. The van der Waals surface area contributed by atoms with Crippen LogP contribution in [0.2, 0.25) is 0 Å². The first-order valence-electron chi connectivity index (χ1n) is 5.54. The molecule has 0 aromatic carbocycles. The van der Waals surface area contributed by atoms with Gasteiger partial charge in [-0.3, -0.25) is 14.5 Å². The molecule has 0 aromatic rings. The van der Waals surface area contributed by atoms with Crippen molar-refractivity contribution in [3.8, 4) is 0 Å². The average Bonchev–Trinajstić information content (AvgIpc) is 2.30. The Kier molecular flexibility index (Phi) is 16.3. The number of aliphatic hydroxyl groups is 3. The highest BCUT2D eigenvalue weighted by Gasteiger charge is 2.00. The lowest BCUT2D eigenvalue weighted by atomic mass is 10.4. The fourth-order valence-electron chi connectivity index (χ4n) is 0.985. The van der Waals surface area contributed by atoms with Gasteiger partial charge >= 0.3 is 11.9 Å². The number of hydrogen-bond donors (Lipinski definition) is 5. The van der Waals surface area contributed by atoms with Crippen molar-refractivity contribution in [3.63, 3.8) is 0 Å². The molecule has 0 heterocycles. The first kappa shape index (κ1) is 20.4. The largest absolute Gasteiger partial charge is 0.481 e. The molecule has 0 aliphatic carbocycles. The Bertz CT molecular complexity index is 212. The molecular formula is C10H21NO7S. The highest BCUT2D eigenvalue weighted by Crippen LogP contribution is 1.97. The summed E-state index contributed by atoms with van der Waals surface area (Å²) in [7, 11) is 0. The fourth-order valence-corrected chi connectivity index (χ4v) is 1.44. The van der Waals surface area contributed by atoms with Gasteiger partial charge in [-0.1, -0.05) is 0 Å². The predicted molar refractivity (Wildman–Crippen MR) is 70.3 cm³/mol. The second-order valence-corrected chi connectivity index (χ2v) is 4.28. The maximum atomic E-state index is 9.77. The molecule has 0 amide bonds. The van der Waals surface area contributed by atoms with E-state index in [0.29, 0.717) is 19.6 Å². The van der Waals surface area contributed by atoms with Crippen molar-refractivity contribution in [1.82, 2.24) is 4.90 Å². The highest BCUT2D eigenvalue weighted by atomic mass is 32.2. The number of carboxylic acids is 2. The van der Waals surface area contributed by atoms with Crippen LogP contribution in [0, 0.1) is 0 Å². The van der Waals surface area contributed by atoms with Gasteiger partial charge in [-0.25, -0.2) is 0 Å². The zero-order chi connectivity index (χ0) is 15.1. The molecule has 0 rings (SSSR count). The van der Waals surface area contributed by atoms with Gasteiger partial charge in [0.2, 0.25) is 0 Å². The smallest absolute Gasteiger partial charge is 0.313 e. The second kappa shape index (κ2) is 15.2. The molecule has 0 aliphatic heterocycles. The van der Waals surface area contributed by atoms with Crippen LogP contribution in [-0.4, -0.2) is 93.3 Å². The summed E-state index contributed by atoms with van der Waals surface area (Å²) in [6.07, 6.45) is 0. The highest BCUT2D eigenvalue weighted by molar-refractivity contribution is 8.00. The summed E-state index contributed by atoms with van der Waals surface area (Å²) in [6, 6.07) is 0. The molecule has 8 nitrogen and oxygen atoms in total. The van der Waals surface area contributed by atoms with Crippen LogP contribution < -0.4 is 0 Å². The van der Waals surface area contributed by atoms with Crippen LogP contribution in [0.15, 0.2) is 0 Å². The van der Waals surface area contributed by atoms with E-state index in [1.54, 1.807) is 4.90 Å². The Hall–Kier alpha value is -0.870. The molecule has 0 aliphatic rings. The molecule has 0 fully saturated rings. The molecule has 0 saturated carbocycles. The van der Waals surface area contributed by atoms with Crippen LogP contribution in [0.3, 0.4) is 0 Å². The lowest BCUT2D eigenvalue weighted by Crippen LogP contribution is -2.32. The molecule has 0 atom stereocenters. The third-order valence-electron chi connectivity index (χ3n) is 1.70. The topological polar surface area (TPSA) is 139 Å². The number of nitrogens with zero attached hydrogens (tertiary/aromatic N) is 1. The molecule has 114 valence electrons. The number of rotatable bonds is 10. The van der Waals surface area contributed by atoms with E-state index in [4.69, 9.17) is 25.5 Å². The van der Waals surface area contributed by atoms with Gasteiger partial charge in [0.1, 0.15) is 0 Å². The van der Waals surface area contributed by atoms with Gasteiger partial charge in [-0.15, -0.1) is 11.8 Å². The number of carboxylic acid groups (broad SMARTS) is 2. The molecule has 0 radical (unpaired) electrons. The third kappa shape index (κ3) is 19.6. The number of aliphatic carboxylic acids is 2. The quantitative estimate of drug-likeness (QED) is 0.315. The zero-order valence-corrected chi connectivity index (χ0v) is 11.4. The Morgan fingerprint density at radius 1 is 0.789 bits per heavy atom. The summed E-state index contributed by atoms with van der Waals surface area (Å²) in [4.78, 5) is 21.3. The number of thioether (sulfide) groups is 1. The normalized spacial score (nSPS) is 9.89. The van der Waals surface area contributed by atoms with E-state index >= 15 is 0 Å². The Morgan fingerprint density at radius 3 is 1.32 bits per heavy atom. The van der Waals surface area contributed by atoms with Gasteiger partial charge < -0.3 is 25.5 Å². The van der Waals surface area contributed by atoms with Crippen LogP contribution in [0.25, 0.3) is 0 Å². The van der Waals surface area contributed by atoms with Crippen LogP contribution in [-0.2, 0) is 9.59 Å². The summed E-state index contributed by atoms with van der Waals surface area (Å²) >= 11 is 0.870. The van der Waals surface area contributed by atoms with Crippen molar-refractivity contribution >= 4 is 23.7 Å². The van der Waals surface area contributed by atoms with Crippen molar-refractivity contribution in [2.45, 2.75) is 0 Å². The minimum Gasteiger partial charge on any atom is -0.481 e. The maximum Gasteiger partial charge on any atom is 0.313 e. The molecule has 0 unspecified atom stereocenters. The Labute approximate surface area is 115 Å². The van der Waals surface area contributed by atoms with Crippen LogP contribution in [0.1, 0.15) is 0 Å². The monoisotopic (exact) mass is 299 g/mol. The molecule has 5 N–H and O–H groups in total. The summed E-state index contributed by atoms with van der Waals surface area (Å²) in [5, 5.41) is 41.5. The first-order chi connectivity index (χ1) is 8.97. The summed E-state index contributed by atoms with van der Waals surface area (Å²) < 4.78 is 0. The van der Waals surface area contributed by atoms with E-state index < -0.39 is 11.9 Å². The lowest BCUT2D eigenvalue weighted by molar-refractivity contribution is -0.134.